The fraction of sp³-hybridized carbons (Fsp3) is 1.00. The molecule has 0 bridgehead atoms. The molecular weight excluding hydrogens is 120 g/mol. The van der Waals surface area contributed by atoms with Crippen molar-refractivity contribution in [3.05, 3.63) is 0 Å². The largest absolute Gasteiger partial charge is 0.0776 e. The van der Waals surface area contributed by atoms with Gasteiger partial charge in [-0.15, -0.1) is 0 Å². The van der Waals surface area contributed by atoms with Gasteiger partial charge in [0.25, 0.3) is 0 Å². The molecule has 0 aliphatic heterocycles. The average molecular weight is 146 g/mol. The molecule has 66 valence electrons. The predicted octanol–water partition coefficient (Wildman–Crippen LogP) is 4.49. The van der Waals surface area contributed by atoms with E-state index in [1.807, 2.05) is 13.8 Å². The molecule has 0 heteroatoms. The fourth-order valence-electron chi connectivity index (χ4n) is 1.13. The number of hydrogen-bond acceptors (Lipinski definition) is 0. The Morgan fingerprint density at radius 2 is 1.20 bits per heavy atom. The van der Waals surface area contributed by atoms with Crippen LogP contribution >= 0.6 is 0 Å². The highest BCUT2D eigenvalue weighted by Crippen LogP contribution is 2.22. The molecule has 1 rings (SSSR count). The molecule has 1 fully saturated rings. The summed E-state index contributed by atoms with van der Waals surface area (Å²) in [7, 11) is 0. The van der Waals surface area contributed by atoms with E-state index in [1.54, 1.807) is 0 Å². The van der Waals surface area contributed by atoms with Crippen molar-refractivity contribution >= 4 is 0 Å². The highest BCUT2D eigenvalue weighted by atomic mass is 14.1. The minimum atomic E-state index is 0. The van der Waals surface area contributed by atoms with Gasteiger partial charge in [0.1, 0.15) is 0 Å². The first-order valence-corrected chi connectivity index (χ1v) is 3.89. The van der Waals surface area contributed by atoms with E-state index in [0.717, 1.165) is 5.92 Å². The van der Waals surface area contributed by atoms with E-state index in [0.29, 0.717) is 0 Å². The van der Waals surface area contributed by atoms with Gasteiger partial charge in [-0.1, -0.05) is 61.3 Å². The summed E-state index contributed by atoms with van der Waals surface area (Å²) in [6.07, 6.45) is 5.95. The van der Waals surface area contributed by atoms with Crippen LogP contribution in [0.5, 0.6) is 0 Å². The van der Waals surface area contributed by atoms with Crippen molar-refractivity contribution in [2.75, 3.05) is 0 Å². The summed E-state index contributed by atoms with van der Waals surface area (Å²) in [5.41, 5.74) is 0. The fourth-order valence-corrected chi connectivity index (χ4v) is 1.13. The first kappa shape index (κ1) is 16.5. The Kier molecular flexibility index (Phi) is 19.4. The lowest BCUT2D eigenvalue weighted by Gasteiger charge is -1.91. The van der Waals surface area contributed by atoms with Crippen LogP contribution in [0.25, 0.3) is 0 Å². The van der Waals surface area contributed by atoms with Crippen LogP contribution in [0.2, 0.25) is 0 Å². The van der Waals surface area contributed by atoms with Crippen LogP contribution in [0.15, 0.2) is 0 Å². The molecule has 1 aliphatic carbocycles. The Labute approximate surface area is 68.0 Å². The predicted molar refractivity (Wildman–Crippen MR) is 52.4 cm³/mol. The molecule has 0 aromatic carbocycles. The molecule has 10 heavy (non-hydrogen) atoms. The van der Waals surface area contributed by atoms with Crippen LogP contribution in [0, 0.1) is 5.92 Å². The van der Waals surface area contributed by atoms with Crippen LogP contribution in [0.4, 0.5) is 0 Å². The van der Waals surface area contributed by atoms with Gasteiger partial charge < -0.3 is 0 Å². The minimum Gasteiger partial charge on any atom is -0.0776 e. The van der Waals surface area contributed by atoms with Gasteiger partial charge in [-0.3, -0.25) is 0 Å². The second kappa shape index (κ2) is 11.8. The van der Waals surface area contributed by atoms with E-state index < -0.39 is 0 Å². The van der Waals surface area contributed by atoms with Crippen molar-refractivity contribution in [2.45, 2.75) is 61.3 Å². The maximum atomic E-state index is 2.34. The Balaban J connectivity index is -0.000000114. The first-order valence-electron chi connectivity index (χ1n) is 3.89. The first-order chi connectivity index (χ1) is 3.89. The lowest BCUT2D eigenvalue weighted by Crippen LogP contribution is -1.78. The molecule has 0 N–H and O–H groups in total. The molecule has 0 atom stereocenters. The van der Waals surface area contributed by atoms with Gasteiger partial charge in [-0.25, -0.2) is 0 Å². The highest BCUT2D eigenvalue weighted by molar-refractivity contribution is 4.60. The second-order valence-corrected chi connectivity index (χ2v) is 2.39. The van der Waals surface area contributed by atoms with E-state index in [9.17, 15) is 0 Å². The Bertz CT molecular complexity index is 33.3. The summed E-state index contributed by atoms with van der Waals surface area (Å²) in [4.78, 5) is 0. The van der Waals surface area contributed by atoms with Crippen molar-refractivity contribution < 1.29 is 0 Å². The molecule has 0 heterocycles. The molecule has 0 amide bonds. The quantitative estimate of drug-likeness (QED) is 0.472. The third-order valence-electron chi connectivity index (χ3n) is 1.64. The maximum Gasteiger partial charge on any atom is -0.0443 e. The van der Waals surface area contributed by atoms with Crippen molar-refractivity contribution in [1.82, 2.24) is 0 Å². The third-order valence-corrected chi connectivity index (χ3v) is 1.64. The van der Waals surface area contributed by atoms with Gasteiger partial charge in [0.2, 0.25) is 0 Å². The summed E-state index contributed by atoms with van der Waals surface area (Å²) in [6, 6.07) is 0. The summed E-state index contributed by atoms with van der Waals surface area (Å²) >= 11 is 0. The zero-order valence-corrected chi connectivity index (χ0v) is 6.41. The Morgan fingerprint density at radius 3 is 1.30 bits per heavy atom. The summed E-state index contributed by atoms with van der Waals surface area (Å²) < 4.78 is 0. The summed E-state index contributed by atoms with van der Waals surface area (Å²) in [5.74, 6) is 1.05. The molecule has 0 aromatic rings. The van der Waals surface area contributed by atoms with E-state index in [1.165, 1.54) is 25.7 Å². The van der Waals surface area contributed by atoms with Gasteiger partial charge in [-0.2, -0.15) is 0 Å². The molecule has 0 aromatic heterocycles. The molecule has 1 aliphatic rings. The molecule has 0 unspecified atom stereocenters. The molecule has 0 nitrogen and oxygen atoms in total. The maximum absolute atomic E-state index is 2.34. The molecule has 0 radical (unpaired) electrons. The van der Waals surface area contributed by atoms with E-state index in [2.05, 4.69) is 6.92 Å². The molecule has 0 spiro atoms. The average Bonchev–Trinajstić information content (AvgIpc) is 2.24. The van der Waals surface area contributed by atoms with Crippen LogP contribution in [0.3, 0.4) is 0 Å². The standard InChI is InChI=1S/C6H12.C2H6.2CH4/c1-6-4-2-3-5-6;1-2;;/h6H,2-5H2,1H3;1-2H3;2*1H4. The molecule has 1 saturated carbocycles. The normalized spacial score (nSPS) is 15.9. The van der Waals surface area contributed by atoms with Crippen molar-refractivity contribution in [3.8, 4) is 0 Å². The van der Waals surface area contributed by atoms with Gasteiger partial charge in [0.05, 0.1) is 0 Å². The van der Waals surface area contributed by atoms with Crippen LogP contribution < -0.4 is 0 Å². The lowest BCUT2D eigenvalue weighted by atomic mass is 10.2. The van der Waals surface area contributed by atoms with E-state index in [4.69, 9.17) is 0 Å². The van der Waals surface area contributed by atoms with Crippen molar-refractivity contribution in [2.24, 2.45) is 5.92 Å². The lowest BCUT2D eigenvalue weighted by molar-refractivity contribution is 0.612. The monoisotopic (exact) mass is 146 g/mol. The highest BCUT2D eigenvalue weighted by Gasteiger charge is 2.07. The van der Waals surface area contributed by atoms with Crippen LogP contribution in [-0.2, 0) is 0 Å². The number of rotatable bonds is 0. The van der Waals surface area contributed by atoms with Crippen LogP contribution in [-0.4, -0.2) is 0 Å². The van der Waals surface area contributed by atoms with Crippen molar-refractivity contribution in [3.63, 3.8) is 0 Å². The zero-order valence-electron chi connectivity index (χ0n) is 6.41. The second-order valence-electron chi connectivity index (χ2n) is 2.39. The molecule has 0 saturated heterocycles. The Morgan fingerprint density at radius 1 is 0.900 bits per heavy atom. The van der Waals surface area contributed by atoms with E-state index in [-0.39, 0.29) is 14.9 Å². The summed E-state index contributed by atoms with van der Waals surface area (Å²) in [6.45, 7) is 6.34. The minimum absolute atomic E-state index is 0. The van der Waals surface area contributed by atoms with Crippen molar-refractivity contribution in [1.29, 1.82) is 0 Å². The third kappa shape index (κ3) is 8.00. The van der Waals surface area contributed by atoms with Gasteiger partial charge >= 0.3 is 0 Å². The van der Waals surface area contributed by atoms with Gasteiger partial charge in [0.15, 0.2) is 0 Å². The SMILES string of the molecule is C.C.CC.CC1CCCC1. The number of hydrogen-bond donors (Lipinski definition) is 0. The topological polar surface area (TPSA) is 0 Å². The Hall–Kier alpha value is 0. The van der Waals surface area contributed by atoms with Crippen LogP contribution in [0.1, 0.15) is 61.3 Å². The smallest absolute Gasteiger partial charge is 0.0443 e. The van der Waals surface area contributed by atoms with Gasteiger partial charge in [-0.05, 0) is 5.92 Å². The van der Waals surface area contributed by atoms with E-state index >= 15 is 0 Å². The van der Waals surface area contributed by atoms with Gasteiger partial charge in [0, 0.05) is 0 Å². The molecular formula is C10H26. The zero-order chi connectivity index (χ0) is 6.41. The summed E-state index contributed by atoms with van der Waals surface area (Å²) in [5, 5.41) is 0.